The number of ether oxygens (including phenoxy) is 2. The molecule has 0 radical (unpaired) electrons. The number of hydrogen-bond donors (Lipinski definition) is 0. The molecule has 28 heavy (non-hydrogen) atoms. The van der Waals surface area contributed by atoms with Crippen LogP contribution in [0.4, 0.5) is 0 Å². The zero-order valence-corrected chi connectivity index (χ0v) is 15.8. The van der Waals surface area contributed by atoms with Crippen LogP contribution in [0.15, 0.2) is 53.6 Å². The van der Waals surface area contributed by atoms with Crippen LogP contribution in [0.25, 0.3) is 10.9 Å². The Balaban J connectivity index is 1.52. The van der Waals surface area contributed by atoms with Crippen LogP contribution in [0, 0.1) is 0 Å². The number of carbonyl (C=O) groups is 1. The highest BCUT2D eigenvalue weighted by atomic mass is 16.5. The molecule has 2 aromatic heterocycles. The molecule has 0 bridgehead atoms. The quantitative estimate of drug-likeness (QED) is 0.695. The molecule has 144 valence electrons. The molecule has 1 aromatic carbocycles. The second kappa shape index (κ2) is 7.34. The molecule has 0 aliphatic carbocycles. The highest BCUT2D eigenvalue weighted by Gasteiger charge is 2.30. The highest BCUT2D eigenvalue weighted by Crippen LogP contribution is 2.27. The predicted octanol–water partition coefficient (Wildman–Crippen LogP) is 2.24. The third-order valence-electron chi connectivity index (χ3n) is 4.96. The van der Waals surface area contributed by atoms with E-state index in [0.29, 0.717) is 18.7 Å². The largest absolute Gasteiger partial charge is 0.496 e. The molecule has 7 nitrogen and oxygen atoms in total. The van der Waals surface area contributed by atoms with Crippen LogP contribution >= 0.6 is 0 Å². The van der Waals surface area contributed by atoms with Gasteiger partial charge in [0, 0.05) is 43.9 Å². The molecular formula is C21H21N3O4. The van der Waals surface area contributed by atoms with Crippen molar-refractivity contribution in [2.24, 2.45) is 7.05 Å². The Morgan fingerprint density at radius 1 is 1.21 bits per heavy atom. The van der Waals surface area contributed by atoms with Gasteiger partial charge in [0.1, 0.15) is 23.1 Å². The summed E-state index contributed by atoms with van der Waals surface area (Å²) in [6.07, 6.45) is 3.87. The molecule has 1 saturated heterocycles. The number of aryl methyl sites for hydroxylation is 1. The summed E-state index contributed by atoms with van der Waals surface area (Å²) in [5.74, 6) is 0.836. The molecule has 1 aliphatic heterocycles. The summed E-state index contributed by atoms with van der Waals surface area (Å²) in [6.45, 7) is 1.04. The Morgan fingerprint density at radius 2 is 2.04 bits per heavy atom. The first-order chi connectivity index (χ1) is 13.6. The van der Waals surface area contributed by atoms with Crippen molar-refractivity contribution in [1.82, 2.24) is 14.5 Å². The van der Waals surface area contributed by atoms with Gasteiger partial charge in [-0.15, -0.1) is 0 Å². The number of para-hydroxylation sites is 1. The molecule has 1 fully saturated rings. The SMILES string of the molecule is COc1cc(=O)n(C)cc1C(=O)N1CCC(Oc2cccc3cccnc23)C1. The van der Waals surface area contributed by atoms with Gasteiger partial charge in [-0.3, -0.25) is 14.6 Å². The van der Waals surface area contributed by atoms with E-state index in [2.05, 4.69) is 4.98 Å². The third-order valence-corrected chi connectivity index (χ3v) is 4.96. The third kappa shape index (κ3) is 3.31. The van der Waals surface area contributed by atoms with Crippen molar-refractivity contribution in [2.45, 2.75) is 12.5 Å². The lowest BCUT2D eigenvalue weighted by Gasteiger charge is -2.19. The minimum atomic E-state index is -0.223. The van der Waals surface area contributed by atoms with Crippen molar-refractivity contribution in [3.05, 3.63) is 64.7 Å². The lowest BCUT2D eigenvalue weighted by molar-refractivity contribution is 0.0768. The monoisotopic (exact) mass is 379 g/mol. The molecule has 0 spiro atoms. The topological polar surface area (TPSA) is 73.7 Å². The minimum Gasteiger partial charge on any atom is -0.496 e. The summed E-state index contributed by atoms with van der Waals surface area (Å²) in [6, 6.07) is 11.0. The van der Waals surface area contributed by atoms with Crippen molar-refractivity contribution in [3.8, 4) is 11.5 Å². The van der Waals surface area contributed by atoms with E-state index >= 15 is 0 Å². The number of hydrogen-bond acceptors (Lipinski definition) is 5. The zero-order chi connectivity index (χ0) is 19.7. The fraction of sp³-hybridized carbons (Fsp3) is 0.286. The Bertz CT molecular complexity index is 1090. The fourth-order valence-corrected chi connectivity index (χ4v) is 3.47. The van der Waals surface area contributed by atoms with E-state index in [1.165, 1.54) is 23.9 Å². The van der Waals surface area contributed by atoms with Crippen LogP contribution in [0.5, 0.6) is 11.5 Å². The average molecular weight is 379 g/mol. The predicted molar refractivity (Wildman–Crippen MR) is 105 cm³/mol. The first-order valence-electron chi connectivity index (χ1n) is 9.11. The summed E-state index contributed by atoms with van der Waals surface area (Å²) in [5, 5.41) is 1.01. The maximum Gasteiger partial charge on any atom is 0.259 e. The van der Waals surface area contributed by atoms with Gasteiger partial charge in [-0.25, -0.2) is 0 Å². The normalized spacial score (nSPS) is 16.4. The summed E-state index contributed by atoms with van der Waals surface area (Å²) >= 11 is 0. The zero-order valence-electron chi connectivity index (χ0n) is 15.8. The van der Waals surface area contributed by atoms with Crippen LogP contribution < -0.4 is 15.0 Å². The van der Waals surface area contributed by atoms with E-state index in [4.69, 9.17) is 9.47 Å². The van der Waals surface area contributed by atoms with E-state index in [1.807, 2.05) is 30.3 Å². The molecule has 0 saturated carbocycles. The molecule has 1 aliphatic rings. The molecule has 3 heterocycles. The van der Waals surface area contributed by atoms with Crippen LogP contribution in [0.3, 0.4) is 0 Å². The van der Waals surface area contributed by atoms with Crippen molar-refractivity contribution >= 4 is 16.8 Å². The van der Waals surface area contributed by atoms with Crippen LogP contribution in [0.2, 0.25) is 0 Å². The molecule has 4 rings (SSSR count). The number of carbonyl (C=O) groups excluding carboxylic acids is 1. The van der Waals surface area contributed by atoms with E-state index in [-0.39, 0.29) is 23.3 Å². The minimum absolute atomic E-state index is 0.116. The van der Waals surface area contributed by atoms with Gasteiger partial charge in [-0.2, -0.15) is 0 Å². The summed E-state index contributed by atoms with van der Waals surface area (Å²) < 4.78 is 12.8. The standard InChI is InChI=1S/C21H21N3O4/c1-23-13-16(18(27-2)11-19(23)25)21(26)24-10-8-15(12-24)28-17-7-3-5-14-6-4-9-22-20(14)17/h3-7,9,11,13,15H,8,10,12H2,1-2H3. The second-order valence-electron chi connectivity index (χ2n) is 6.82. The van der Waals surface area contributed by atoms with Crippen molar-refractivity contribution in [2.75, 3.05) is 20.2 Å². The summed E-state index contributed by atoms with van der Waals surface area (Å²) in [4.78, 5) is 30.9. The average Bonchev–Trinajstić information content (AvgIpc) is 3.18. The number of fused-ring (bicyclic) bond motifs is 1. The van der Waals surface area contributed by atoms with Gasteiger partial charge < -0.3 is 18.9 Å². The maximum atomic E-state index is 13.0. The van der Waals surface area contributed by atoms with Crippen LogP contribution in [0.1, 0.15) is 16.8 Å². The molecule has 1 atom stereocenters. The molecule has 3 aromatic rings. The van der Waals surface area contributed by atoms with E-state index in [9.17, 15) is 9.59 Å². The Hall–Kier alpha value is -3.35. The maximum absolute atomic E-state index is 13.0. The van der Waals surface area contributed by atoms with Crippen molar-refractivity contribution in [3.63, 3.8) is 0 Å². The first-order valence-corrected chi connectivity index (χ1v) is 9.11. The first kappa shape index (κ1) is 18.0. The van der Waals surface area contributed by atoms with Crippen molar-refractivity contribution < 1.29 is 14.3 Å². The molecule has 1 amide bonds. The summed E-state index contributed by atoms with van der Waals surface area (Å²) in [7, 11) is 3.07. The van der Waals surface area contributed by atoms with E-state index in [1.54, 1.807) is 18.1 Å². The summed E-state index contributed by atoms with van der Waals surface area (Å²) in [5.41, 5.74) is 0.964. The van der Waals surface area contributed by atoms with Crippen LogP contribution in [-0.2, 0) is 7.05 Å². The Labute approximate surface area is 162 Å². The van der Waals surface area contributed by atoms with Crippen molar-refractivity contribution in [1.29, 1.82) is 0 Å². The number of rotatable bonds is 4. The Morgan fingerprint density at radius 3 is 2.86 bits per heavy atom. The second-order valence-corrected chi connectivity index (χ2v) is 6.82. The lowest BCUT2D eigenvalue weighted by Crippen LogP contribution is -2.32. The number of amides is 1. The molecule has 7 heteroatoms. The van der Waals surface area contributed by atoms with Crippen LogP contribution in [-0.4, -0.2) is 46.7 Å². The number of methoxy groups -OCH3 is 1. The van der Waals surface area contributed by atoms with E-state index < -0.39 is 0 Å². The molecular weight excluding hydrogens is 358 g/mol. The smallest absolute Gasteiger partial charge is 0.259 e. The van der Waals surface area contributed by atoms with Gasteiger partial charge in [0.05, 0.1) is 19.2 Å². The Kier molecular flexibility index (Phi) is 4.73. The number of aromatic nitrogens is 2. The lowest BCUT2D eigenvalue weighted by atomic mass is 10.2. The molecule has 1 unspecified atom stereocenters. The van der Waals surface area contributed by atoms with Gasteiger partial charge >= 0.3 is 0 Å². The van der Waals surface area contributed by atoms with E-state index in [0.717, 1.165) is 23.1 Å². The van der Waals surface area contributed by atoms with Gasteiger partial charge in [0.15, 0.2) is 0 Å². The number of pyridine rings is 2. The molecule has 0 N–H and O–H groups in total. The number of nitrogens with zero attached hydrogens (tertiary/aromatic N) is 3. The number of benzene rings is 1. The fourth-order valence-electron chi connectivity index (χ4n) is 3.47. The number of likely N-dealkylation sites (tertiary alicyclic amines) is 1. The van der Waals surface area contributed by atoms with Gasteiger partial charge in [-0.1, -0.05) is 18.2 Å². The highest BCUT2D eigenvalue weighted by molar-refractivity contribution is 5.96. The van der Waals surface area contributed by atoms with Gasteiger partial charge in [0.25, 0.3) is 11.5 Å². The van der Waals surface area contributed by atoms with Gasteiger partial charge in [-0.05, 0) is 12.1 Å². The van der Waals surface area contributed by atoms with Gasteiger partial charge in [0.2, 0.25) is 0 Å².